The highest BCUT2D eigenvalue weighted by molar-refractivity contribution is 7.79. The molecule has 0 rings (SSSR count). The zero-order valence-corrected chi connectivity index (χ0v) is 6.43. The third-order valence-electron chi connectivity index (χ3n) is 0.348. The van der Waals surface area contributed by atoms with Crippen molar-refractivity contribution in [2.75, 3.05) is 0 Å². The first kappa shape index (κ1) is 12.1. The van der Waals surface area contributed by atoms with Gasteiger partial charge >= 0.3 is 10.4 Å². The van der Waals surface area contributed by atoms with Crippen LogP contribution in [0.25, 0.3) is 0 Å². The highest BCUT2D eigenvalue weighted by Gasteiger charge is 1.84. The minimum absolute atomic E-state index is 1.02. The second-order valence-electron chi connectivity index (χ2n) is 1.50. The lowest BCUT2D eigenvalue weighted by Crippen LogP contribution is -1.89. The second-order valence-corrected chi connectivity index (χ2v) is 2.39. The summed E-state index contributed by atoms with van der Waals surface area (Å²) in [5, 5.41) is 0. The van der Waals surface area contributed by atoms with E-state index in [-0.39, 0.29) is 0 Å². The molecule has 0 amide bonds. The second kappa shape index (κ2) is 5.16. The molecule has 0 aromatic heterocycles. The molecule has 0 saturated heterocycles. The molecular formula is C5H10O4S. The van der Waals surface area contributed by atoms with Crippen molar-refractivity contribution in [3.63, 3.8) is 0 Å². The van der Waals surface area contributed by atoms with Gasteiger partial charge in [-0.1, -0.05) is 24.8 Å². The summed E-state index contributed by atoms with van der Waals surface area (Å²) in [5.74, 6) is 0. The predicted molar refractivity (Wildman–Crippen MR) is 39.2 cm³/mol. The zero-order chi connectivity index (χ0) is 8.78. The molecule has 4 nitrogen and oxygen atoms in total. The molecule has 0 radical (unpaired) electrons. The van der Waals surface area contributed by atoms with Gasteiger partial charge in [-0.2, -0.15) is 8.42 Å². The Morgan fingerprint density at radius 1 is 1.50 bits per heavy atom. The van der Waals surface area contributed by atoms with Gasteiger partial charge in [0.15, 0.2) is 0 Å². The Labute approximate surface area is 60.5 Å². The van der Waals surface area contributed by atoms with Crippen LogP contribution >= 0.6 is 0 Å². The lowest BCUT2D eigenvalue weighted by molar-refractivity contribution is 0.381. The van der Waals surface area contributed by atoms with Crippen LogP contribution in [0, 0.1) is 0 Å². The van der Waals surface area contributed by atoms with Gasteiger partial charge in [0.25, 0.3) is 0 Å². The molecule has 2 N–H and O–H groups in total. The maximum absolute atomic E-state index is 8.74. The summed E-state index contributed by atoms with van der Waals surface area (Å²) in [7, 11) is -4.67. The van der Waals surface area contributed by atoms with E-state index in [9.17, 15) is 0 Å². The Kier molecular flexibility index (Phi) is 6.23. The van der Waals surface area contributed by atoms with Crippen molar-refractivity contribution in [3.05, 3.63) is 24.8 Å². The van der Waals surface area contributed by atoms with Crippen molar-refractivity contribution < 1.29 is 17.5 Å². The number of hydrogen-bond donors (Lipinski definition) is 2. The van der Waals surface area contributed by atoms with E-state index in [1.165, 1.54) is 0 Å². The van der Waals surface area contributed by atoms with E-state index < -0.39 is 10.4 Å². The zero-order valence-electron chi connectivity index (χ0n) is 5.61. The highest BCUT2D eigenvalue weighted by Crippen LogP contribution is 1.81. The Morgan fingerprint density at radius 2 is 1.60 bits per heavy atom. The topological polar surface area (TPSA) is 74.6 Å². The van der Waals surface area contributed by atoms with Crippen LogP contribution < -0.4 is 0 Å². The molecule has 0 spiro atoms. The number of hydrogen-bond acceptors (Lipinski definition) is 2. The fraction of sp³-hybridized carbons (Fsp3) is 0.200. The third-order valence-corrected chi connectivity index (χ3v) is 0.348. The molecule has 0 atom stereocenters. The first-order chi connectivity index (χ1) is 4.27. The quantitative estimate of drug-likeness (QED) is 0.451. The van der Waals surface area contributed by atoms with Crippen molar-refractivity contribution in [2.45, 2.75) is 6.92 Å². The van der Waals surface area contributed by atoms with Gasteiger partial charge in [-0.15, -0.1) is 0 Å². The Morgan fingerprint density at radius 3 is 1.60 bits per heavy atom. The molecule has 60 valence electrons. The average Bonchev–Trinajstić information content (AvgIpc) is 1.61. The lowest BCUT2D eigenvalue weighted by Gasteiger charge is -1.71. The third kappa shape index (κ3) is 163. The molecule has 0 heterocycles. The minimum Gasteiger partial charge on any atom is -0.264 e. The number of rotatable bonds is 1. The van der Waals surface area contributed by atoms with Crippen LogP contribution in [0.2, 0.25) is 0 Å². The average molecular weight is 166 g/mol. The van der Waals surface area contributed by atoms with E-state index in [0.717, 1.165) is 5.57 Å². The fourth-order valence-electron chi connectivity index (χ4n) is 0. The summed E-state index contributed by atoms with van der Waals surface area (Å²) in [6.45, 7) is 8.93. The minimum atomic E-state index is -4.67. The van der Waals surface area contributed by atoms with Crippen LogP contribution in [0.3, 0.4) is 0 Å². The van der Waals surface area contributed by atoms with Crippen molar-refractivity contribution in [3.8, 4) is 0 Å². The van der Waals surface area contributed by atoms with E-state index in [1.54, 1.807) is 6.08 Å². The standard InChI is InChI=1S/C5H8.H2O4S/c1-4-5(2)3;1-5(2,3)4/h4H,1-2H2,3H3;(H2,1,2,3,4). The maximum atomic E-state index is 8.74. The van der Waals surface area contributed by atoms with Crippen molar-refractivity contribution in [2.24, 2.45) is 0 Å². The van der Waals surface area contributed by atoms with Gasteiger partial charge in [0.2, 0.25) is 0 Å². The van der Waals surface area contributed by atoms with Crippen LogP contribution in [0.1, 0.15) is 6.92 Å². The smallest absolute Gasteiger partial charge is 0.264 e. The van der Waals surface area contributed by atoms with E-state index in [4.69, 9.17) is 17.5 Å². The molecule has 0 aliphatic carbocycles. The first-order valence-electron chi connectivity index (χ1n) is 2.25. The molecule has 0 saturated carbocycles. The molecular weight excluding hydrogens is 156 g/mol. The summed E-state index contributed by atoms with van der Waals surface area (Å²) in [5.41, 5.74) is 1.02. The van der Waals surface area contributed by atoms with Crippen LogP contribution in [0.4, 0.5) is 0 Å². The molecule has 0 aromatic rings. The predicted octanol–water partition coefficient (Wildman–Crippen LogP) is 1.10. The van der Waals surface area contributed by atoms with Gasteiger partial charge in [0, 0.05) is 0 Å². The molecule has 0 bridgehead atoms. The fourth-order valence-corrected chi connectivity index (χ4v) is 0. The van der Waals surface area contributed by atoms with E-state index >= 15 is 0 Å². The van der Waals surface area contributed by atoms with Gasteiger partial charge in [-0.05, 0) is 6.92 Å². The van der Waals surface area contributed by atoms with Crippen molar-refractivity contribution in [1.82, 2.24) is 0 Å². The highest BCUT2D eigenvalue weighted by atomic mass is 32.3. The molecule has 10 heavy (non-hydrogen) atoms. The van der Waals surface area contributed by atoms with E-state index in [2.05, 4.69) is 13.2 Å². The van der Waals surface area contributed by atoms with Gasteiger partial charge in [-0.3, -0.25) is 9.11 Å². The normalized spacial score (nSPS) is 9.10. The molecule has 0 aliphatic heterocycles. The van der Waals surface area contributed by atoms with E-state index in [1.807, 2.05) is 6.92 Å². The lowest BCUT2D eigenvalue weighted by atomic mass is 10.4. The van der Waals surface area contributed by atoms with Crippen LogP contribution in [-0.4, -0.2) is 17.5 Å². The summed E-state index contributed by atoms with van der Waals surface area (Å²) in [6, 6.07) is 0. The summed E-state index contributed by atoms with van der Waals surface area (Å²) in [4.78, 5) is 0. The Hall–Kier alpha value is -0.650. The van der Waals surface area contributed by atoms with Crippen LogP contribution in [-0.2, 0) is 10.4 Å². The van der Waals surface area contributed by atoms with Gasteiger partial charge in [0.1, 0.15) is 0 Å². The Balaban J connectivity index is 0. The monoisotopic (exact) mass is 166 g/mol. The molecule has 0 aliphatic rings. The SMILES string of the molecule is C=CC(=C)C.O=S(=O)(O)O. The van der Waals surface area contributed by atoms with Crippen LogP contribution in [0.5, 0.6) is 0 Å². The van der Waals surface area contributed by atoms with Gasteiger partial charge in [-0.25, -0.2) is 0 Å². The maximum Gasteiger partial charge on any atom is 0.394 e. The largest absolute Gasteiger partial charge is 0.394 e. The van der Waals surface area contributed by atoms with Crippen LogP contribution in [0.15, 0.2) is 24.8 Å². The molecule has 0 aromatic carbocycles. The van der Waals surface area contributed by atoms with Crippen molar-refractivity contribution >= 4 is 10.4 Å². The first-order valence-corrected chi connectivity index (χ1v) is 3.65. The summed E-state index contributed by atoms with van der Waals surface area (Å²) < 4.78 is 31.6. The molecule has 5 heteroatoms. The van der Waals surface area contributed by atoms with Crippen molar-refractivity contribution in [1.29, 1.82) is 0 Å². The summed E-state index contributed by atoms with van der Waals surface area (Å²) >= 11 is 0. The van der Waals surface area contributed by atoms with Gasteiger partial charge < -0.3 is 0 Å². The Bertz CT molecular complexity index is 194. The summed E-state index contributed by atoms with van der Waals surface area (Å²) in [6.07, 6.45) is 1.72. The van der Waals surface area contributed by atoms with E-state index in [0.29, 0.717) is 0 Å². The van der Waals surface area contributed by atoms with Gasteiger partial charge in [0.05, 0.1) is 0 Å². The molecule has 0 unspecified atom stereocenters. The number of allylic oxidation sites excluding steroid dienone is 2. The molecule has 0 fully saturated rings.